The van der Waals surface area contributed by atoms with Crippen molar-refractivity contribution in [1.29, 1.82) is 0 Å². The second-order valence-corrected chi connectivity index (χ2v) is 7.67. The second kappa shape index (κ2) is 6.68. The van der Waals surface area contributed by atoms with Gasteiger partial charge in [0.05, 0.1) is 10.7 Å². The number of piperidine rings is 1. The van der Waals surface area contributed by atoms with Crippen molar-refractivity contribution < 1.29 is 4.79 Å². The molecule has 1 fully saturated rings. The van der Waals surface area contributed by atoms with Crippen LogP contribution in [0.2, 0.25) is 0 Å². The zero-order valence-corrected chi connectivity index (χ0v) is 16.0. The van der Waals surface area contributed by atoms with Crippen LogP contribution in [0.15, 0.2) is 23.8 Å². The predicted molar refractivity (Wildman–Crippen MR) is 99.8 cm³/mol. The topological polar surface area (TPSA) is 68.8 Å². The summed E-state index contributed by atoms with van der Waals surface area (Å²) < 4.78 is 3.43. The van der Waals surface area contributed by atoms with Gasteiger partial charge in [-0.3, -0.25) is 4.79 Å². The van der Waals surface area contributed by atoms with Crippen LogP contribution in [-0.2, 0) is 7.05 Å². The van der Waals surface area contributed by atoms with Crippen LogP contribution in [0.4, 0.5) is 0 Å². The lowest BCUT2D eigenvalue weighted by Crippen LogP contribution is -2.39. The molecule has 1 amide bonds. The SMILES string of the molecule is Cc1csc([C@H]2CCCN(C(=O)c3c(C)nn(C)c3-n3cccn3)C2)n1. The van der Waals surface area contributed by atoms with Gasteiger partial charge in [0, 0.05) is 49.5 Å². The molecule has 0 N–H and O–H groups in total. The lowest BCUT2D eigenvalue weighted by Gasteiger charge is -2.32. The fraction of sp³-hybridized carbons (Fsp3) is 0.444. The van der Waals surface area contributed by atoms with Crippen LogP contribution in [0, 0.1) is 13.8 Å². The summed E-state index contributed by atoms with van der Waals surface area (Å²) in [6.07, 6.45) is 5.61. The highest BCUT2D eigenvalue weighted by Gasteiger charge is 2.31. The number of rotatable bonds is 3. The van der Waals surface area contributed by atoms with E-state index in [1.807, 2.05) is 38.1 Å². The minimum atomic E-state index is 0.0269. The maximum atomic E-state index is 13.3. The highest BCUT2D eigenvalue weighted by molar-refractivity contribution is 7.09. The Balaban J connectivity index is 1.64. The van der Waals surface area contributed by atoms with Crippen molar-refractivity contribution in [1.82, 2.24) is 29.4 Å². The van der Waals surface area contributed by atoms with Crippen LogP contribution in [0.25, 0.3) is 5.82 Å². The van der Waals surface area contributed by atoms with Crippen molar-refractivity contribution in [2.24, 2.45) is 7.05 Å². The number of aryl methyl sites for hydroxylation is 3. The Labute approximate surface area is 156 Å². The summed E-state index contributed by atoms with van der Waals surface area (Å²) in [5, 5.41) is 12.0. The van der Waals surface area contributed by atoms with Crippen LogP contribution >= 0.6 is 11.3 Å². The molecular weight excluding hydrogens is 348 g/mol. The van der Waals surface area contributed by atoms with Gasteiger partial charge in [0.1, 0.15) is 5.56 Å². The van der Waals surface area contributed by atoms with Crippen LogP contribution in [-0.4, -0.2) is 48.4 Å². The van der Waals surface area contributed by atoms with Gasteiger partial charge < -0.3 is 4.90 Å². The van der Waals surface area contributed by atoms with Crippen molar-refractivity contribution in [3.8, 4) is 5.82 Å². The van der Waals surface area contributed by atoms with Gasteiger partial charge in [0.2, 0.25) is 0 Å². The number of carbonyl (C=O) groups is 1. The smallest absolute Gasteiger partial charge is 0.259 e. The molecule has 0 saturated carbocycles. The number of likely N-dealkylation sites (tertiary alicyclic amines) is 1. The van der Waals surface area contributed by atoms with Crippen LogP contribution in [0.1, 0.15) is 45.5 Å². The molecular formula is C18H22N6OS. The highest BCUT2D eigenvalue weighted by atomic mass is 32.1. The van der Waals surface area contributed by atoms with E-state index in [-0.39, 0.29) is 5.91 Å². The Morgan fingerprint density at radius 2 is 2.19 bits per heavy atom. The number of aromatic nitrogens is 5. The molecule has 26 heavy (non-hydrogen) atoms. The van der Waals surface area contributed by atoms with Gasteiger partial charge in [-0.15, -0.1) is 11.3 Å². The first kappa shape index (κ1) is 17.0. The summed E-state index contributed by atoms with van der Waals surface area (Å²) in [5.41, 5.74) is 2.42. The number of hydrogen-bond acceptors (Lipinski definition) is 5. The first-order chi connectivity index (χ1) is 12.5. The molecule has 8 heteroatoms. The summed E-state index contributed by atoms with van der Waals surface area (Å²) in [6, 6.07) is 1.85. The molecule has 7 nitrogen and oxygen atoms in total. The Hall–Kier alpha value is -2.48. The van der Waals surface area contributed by atoms with Gasteiger partial charge in [0.25, 0.3) is 5.91 Å². The lowest BCUT2D eigenvalue weighted by molar-refractivity contribution is 0.0706. The minimum Gasteiger partial charge on any atom is -0.338 e. The molecule has 0 radical (unpaired) electrons. The van der Waals surface area contributed by atoms with E-state index < -0.39 is 0 Å². The molecule has 1 saturated heterocycles. The Morgan fingerprint density at radius 3 is 2.88 bits per heavy atom. The highest BCUT2D eigenvalue weighted by Crippen LogP contribution is 2.31. The quantitative estimate of drug-likeness (QED) is 0.711. The fourth-order valence-electron chi connectivity index (χ4n) is 3.63. The molecule has 4 heterocycles. The van der Waals surface area contributed by atoms with E-state index in [1.54, 1.807) is 26.9 Å². The van der Waals surface area contributed by atoms with E-state index in [9.17, 15) is 4.79 Å². The van der Waals surface area contributed by atoms with E-state index in [2.05, 4.69) is 20.6 Å². The third-order valence-electron chi connectivity index (χ3n) is 4.82. The van der Waals surface area contributed by atoms with E-state index in [4.69, 9.17) is 0 Å². The van der Waals surface area contributed by atoms with Gasteiger partial charge in [-0.1, -0.05) is 0 Å². The van der Waals surface area contributed by atoms with Gasteiger partial charge in [-0.2, -0.15) is 10.2 Å². The second-order valence-electron chi connectivity index (χ2n) is 6.78. The summed E-state index contributed by atoms with van der Waals surface area (Å²) in [6.45, 7) is 5.37. The number of amides is 1. The van der Waals surface area contributed by atoms with E-state index in [0.29, 0.717) is 23.8 Å². The average molecular weight is 370 g/mol. The number of carbonyl (C=O) groups excluding carboxylic acids is 1. The molecule has 136 valence electrons. The average Bonchev–Trinajstić information content (AvgIpc) is 3.35. The molecule has 0 aliphatic carbocycles. The van der Waals surface area contributed by atoms with Gasteiger partial charge in [0.15, 0.2) is 5.82 Å². The largest absolute Gasteiger partial charge is 0.338 e. The molecule has 0 unspecified atom stereocenters. The first-order valence-electron chi connectivity index (χ1n) is 8.79. The van der Waals surface area contributed by atoms with Crippen LogP contribution in [0.5, 0.6) is 0 Å². The minimum absolute atomic E-state index is 0.0269. The summed E-state index contributed by atoms with van der Waals surface area (Å²) in [4.78, 5) is 19.9. The molecule has 0 aromatic carbocycles. The van der Waals surface area contributed by atoms with Gasteiger partial charge in [-0.05, 0) is 32.8 Å². The molecule has 1 atom stereocenters. The Kier molecular flexibility index (Phi) is 4.36. The molecule has 3 aromatic heterocycles. The number of nitrogens with zero attached hydrogens (tertiary/aromatic N) is 6. The Bertz CT molecular complexity index is 926. The standard InChI is InChI=1S/C18H22N6OS/c1-12-11-26-16(20-12)14-6-4-8-23(10-14)18(25)15-13(2)21-22(3)17(15)24-9-5-7-19-24/h5,7,9,11,14H,4,6,8,10H2,1-3H3/t14-/m0/s1. The van der Waals surface area contributed by atoms with Crippen molar-refractivity contribution in [2.45, 2.75) is 32.6 Å². The van der Waals surface area contributed by atoms with E-state index >= 15 is 0 Å². The van der Waals surface area contributed by atoms with Crippen molar-refractivity contribution in [3.63, 3.8) is 0 Å². The first-order valence-corrected chi connectivity index (χ1v) is 9.67. The molecule has 1 aliphatic heterocycles. The zero-order chi connectivity index (χ0) is 18.3. The Morgan fingerprint density at radius 1 is 1.35 bits per heavy atom. The van der Waals surface area contributed by atoms with E-state index in [0.717, 1.165) is 35.8 Å². The zero-order valence-electron chi connectivity index (χ0n) is 15.2. The third-order valence-corrected chi connectivity index (χ3v) is 5.95. The lowest BCUT2D eigenvalue weighted by atomic mass is 9.98. The number of hydrogen-bond donors (Lipinski definition) is 0. The number of thiazole rings is 1. The van der Waals surface area contributed by atoms with Crippen LogP contribution < -0.4 is 0 Å². The van der Waals surface area contributed by atoms with E-state index in [1.165, 1.54) is 0 Å². The van der Waals surface area contributed by atoms with Crippen molar-refractivity contribution in [2.75, 3.05) is 13.1 Å². The van der Waals surface area contributed by atoms with Crippen molar-refractivity contribution in [3.05, 3.63) is 45.8 Å². The monoisotopic (exact) mass is 370 g/mol. The maximum absolute atomic E-state index is 13.3. The van der Waals surface area contributed by atoms with Gasteiger partial charge in [-0.25, -0.2) is 14.3 Å². The molecule has 0 bridgehead atoms. The van der Waals surface area contributed by atoms with Gasteiger partial charge >= 0.3 is 0 Å². The molecule has 3 aromatic rings. The summed E-state index contributed by atoms with van der Waals surface area (Å²) in [5.74, 6) is 1.06. The third kappa shape index (κ3) is 2.94. The fourth-order valence-corrected chi connectivity index (χ4v) is 4.56. The normalized spacial score (nSPS) is 17.7. The maximum Gasteiger partial charge on any atom is 0.259 e. The summed E-state index contributed by atoms with van der Waals surface area (Å²) in [7, 11) is 1.85. The molecule has 4 rings (SSSR count). The molecule has 1 aliphatic rings. The van der Waals surface area contributed by atoms with Crippen molar-refractivity contribution >= 4 is 17.2 Å². The molecule has 0 spiro atoms. The predicted octanol–water partition coefficient (Wildman–Crippen LogP) is 2.70. The summed E-state index contributed by atoms with van der Waals surface area (Å²) >= 11 is 1.69. The van der Waals surface area contributed by atoms with Crippen LogP contribution in [0.3, 0.4) is 0 Å².